The molecule has 18 rings (SSSR count). The van der Waals surface area contributed by atoms with Gasteiger partial charge in [0.15, 0.2) is 0 Å². The number of amides is 11. The van der Waals surface area contributed by atoms with E-state index in [1.807, 2.05) is 125 Å². The Hall–Kier alpha value is -13.0. The molecule has 658 valence electrons. The van der Waals surface area contributed by atoms with Crippen molar-refractivity contribution in [2.45, 2.75) is 124 Å². The van der Waals surface area contributed by atoms with E-state index >= 15 is 0 Å². The van der Waals surface area contributed by atoms with Gasteiger partial charge in [0.1, 0.15) is 82.2 Å². The second kappa shape index (κ2) is 39.2. The summed E-state index contributed by atoms with van der Waals surface area (Å²) in [4.78, 5) is 182. The topological polar surface area (TPSA) is 526 Å². The summed E-state index contributed by atoms with van der Waals surface area (Å²) in [5.41, 5.74) is 2.35. The van der Waals surface area contributed by atoms with Crippen molar-refractivity contribution in [2.75, 3.05) is 52.5 Å². The van der Waals surface area contributed by atoms with Crippen LogP contribution >= 0.6 is 34.0 Å². The molecule has 42 heteroatoms. The van der Waals surface area contributed by atoms with Crippen LogP contribution in [-0.2, 0) is 52.6 Å². The van der Waals surface area contributed by atoms with Gasteiger partial charge in [-0.2, -0.15) is 0 Å². The van der Waals surface area contributed by atoms with E-state index in [9.17, 15) is 62.6 Å². The van der Waals surface area contributed by atoms with E-state index in [0.29, 0.717) is 76.7 Å². The van der Waals surface area contributed by atoms with Crippen LogP contribution in [0.4, 0.5) is 14.4 Å². The zero-order chi connectivity index (χ0) is 88.0. The van der Waals surface area contributed by atoms with Crippen LogP contribution < -0.4 is 86.2 Å². The van der Waals surface area contributed by atoms with Gasteiger partial charge < -0.3 is 102 Å². The number of thiophene rings is 3. The Morgan fingerprint density at radius 3 is 1.10 bits per heavy atom. The second-order valence-electron chi connectivity index (χ2n) is 30.8. The van der Waals surface area contributed by atoms with Gasteiger partial charge in [-0.3, -0.25) is 24.0 Å². The van der Waals surface area contributed by atoms with Gasteiger partial charge in [-0.15, -0.1) is 53.7 Å². The van der Waals surface area contributed by atoms with Gasteiger partial charge in [0.2, 0.25) is 47.2 Å². The minimum Gasteiger partial charge on any atom is -0.870 e. The minimum absolute atomic E-state index is 0. The molecule has 0 spiro atoms. The average Bonchev–Trinajstić information content (AvgIpc) is 1.59. The van der Waals surface area contributed by atoms with Gasteiger partial charge >= 0.3 is 60.8 Å². The average molecular weight is 1790 g/mol. The van der Waals surface area contributed by atoms with Crippen molar-refractivity contribution in [2.24, 2.45) is 17.8 Å². The number of aromatic nitrogens is 6. The molecule has 3 aliphatic carbocycles. The Morgan fingerprint density at radius 1 is 0.457 bits per heavy atom. The maximum Gasteiger partial charge on any atom is 1.00 e. The summed E-state index contributed by atoms with van der Waals surface area (Å²) in [6, 6.07) is 27.8. The molecule has 38 nitrogen and oxygen atoms in total. The van der Waals surface area contributed by atoms with E-state index in [-0.39, 0.29) is 119 Å². The SMILES string of the molecule is C=C[C@@H]1C[C@]1(NC(=O)[C@@H]1C[C@@H](Oc2nc3ccccc3nc2-c2cccs2)CN1)C(=O)OCC.C=C[C@@H]1C[C@]1(NC(=O)[C@@H]1C[C@@H](Oc2nc3ccccc3nc2-c2cccs2)CN1C(=O)[C@@H]1CNC(=O)N1)C(=O)O.C=C[C@@H]1C[C@]1(NC(=O)[C@@H]1C[C@@H](Oc2nc3ccccc3nc2-c2cccs2)CN1C(=O)[C@@H]1CNC(=O)N1)C(=O)OCC.O=C1NC[C@@H](C(=O)O)N1.[Li+].[OH-]. The molecule has 11 amide bonds. The van der Waals surface area contributed by atoms with Crippen LogP contribution in [0.15, 0.2) is 163 Å². The summed E-state index contributed by atoms with van der Waals surface area (Å²) in [6.07, 6.45) is 5.05. The summed E-state index contributed by atoms with van der Waals surface area (Å²) in [7, 11) is 0. The van der Waals surface area contributed by atoms with Crippen molar-refractivity contribution in [3.05, 3.63) is 163 Å². The summed E-state index contributed by atoms with van der Waals surface area (Å²) in [5.74, 6) is -5.16. The van der Waals surface area contributed by atoms with Crippen LogP contribution in [0.25, 0.3) is 64.8 Å². The molecule has 3 saturated carbocycles. The quantitative estimate of drug-likeness (QED) is 0.0210. The molecular weight excluding hydrogens is 1700 g/mol. The zero-order valence-corrected chi connectivity index (χ0v) is 71.3. The first-order chi connectivity index (χ1) is 60.3. The van der Waals surface area contributed by atoms with Crippen LogP contribution in [-0.4, -0.2) is 251 Å². The Morgan fingerprint density at radius 2 is 0.795 bits per heavy atom. The van der Waals surface area contributed by atoms with Crippen molar-refractivity contribution < 1.29 is 116 Å². The van der Waals surface area contributed by atoms with Gasteiger partial charge in [-0.25, -0.2) is 63.5 Å². The first kappa shape index (κ1) is 91.6. The smallest absolute Gasteiger partial charge is 0.870 e. The van der Waals surface area contributed by atoms with E-state index in [0.717, 1.165) is 25.7 Å². The van der Waals surface area contributed by atoms with Crippen molar-refractivity contribution in [1.29, 1.82) is 0 Å². The number of nitrogens with one attached hydrogen (secondary N) is 10. The molecular formula is C85H89LiN18O20S3. The molecule has 6 aromatic heterocycles. The van der Waals surface area contributed by atoms with Crippen LogP contribution in [0, 0.1) is 17.8 Å². The molecule has 127 heavy (non-hydrogen) atoms. The number of carbonyl (C=O) groups excluding carboxylic acids is 10. The number of esters is 2. The summed E-state index contributed by atoms with van der Waals surface area (Å²) >= 11 is 4.55. The maximum absolute atomic E-state index is 13.8. The van der Waals surface area contributed by atoms with Crippen molar-refractivity contribution in [1.82, 2.24) is 92.9 Å². The predicted octanol–water partition coefficient (Wildman–Crippen LogP) is 2.22. The Balaban J connectivity index is 0.000000154. The minimum atomic E-state index is -1.45. The van der Waals surface area contributed by atoms with Crippen molar-refractivity contribution in [3.8, 4) is 49.4 Å². The molecule has 0 unspecified atom stereocenters. The molecule has 0 bridgehead atoms. The van der Waals surface area contributed by atoms with Gasteiger partial charge in [-0.05, 0) is 104 Å². The second-order valence-corrected chi connectivity index (χ2v) is 33.6. The summed E-state index contributed by atoms with van der Waals surface area (Å²) < 4.78 is 29.5. The summed E-state index contributed by atoms with van der Waals surface area (Å²) in [6.45, 7) is 16.0. The molecule has 9 aromatic rings. The molecule has 12 heterocycles. The number of nitrogens with zero attached hydrogens (tertiary/aromatic N) is 8. The first-order valence-electron chi connectivity index (χ1n) is 40.4. The fourth-order valence-corrected chi connectivity index (χ4v) is 17.9. The number of carboxylic acid groups (broad SMARTS) is 2. The fourth-order valence-electron chi connectivity index (χ4n) is 15.8. The predicted molar refractivity (Wildman–Crippen MR) is 457 cm³/mol. The first-order valence-corrected chi connectivity index (χ1v) is 43.0. The Bertz CT molecular complexity index is 5720. The number of carboxylic acids is 2. The van der Waals surface area contributed by atoms with Crippen LogP contribution in [0.5, 0.6) is 17.6 Å². The summed E-state index contributed by atoms with van der Waals surface area (Å²) in [5, 5.41) is 50.3. The molecule has 0 radical (unpaired) electrons. The third-order valence-corrected chi connectivity index (χ3v) is 25.3. The Labute approximate surface area is 749 Å². The van der Waals surface area contributed by atoms with Gasteiger partial charge in [0, 0.05) is 56.7 Å². The maximum atomic E-state index is 13.8. The number of para-hydroxylation sites is 6. The normalized spacial score (nSPS) is 25.9. The molecule has 9 aliphatic rings. The van der Waals surface area contributed by atoms with Crippen molar-refractivity contribution in [3.63, 3.8) is 0 Å². The number of rotatable bonds is 26. The number of ether oxygens (including phenoxy) is 5. The third kappa shape index (κ3) is 19.8. The number of carbonyl (C=O) groups is 12. The number of hydrogen-bond acceptors (Lipinski definition) is 28. The number of aliphatic carboxylic acids is 2. The number of benzene rings is 3. The third-order valence-electron chi connectivity index (χ3n) is 22.6. The molecule has 6 saturated heterocycles. The molecule has 9 fully saturated rings. The van der Waals surface area contributed by atoms with Crippen LogP contribution in [0.2, 0.25) is 0 Å². The number of likely N-dealkylation sites (tertiary alicyclic amines) is 2. The standard InChI is InChI=1S/C29H30N6O6S.C27H26N6O6S.C25H26N4O4S.C4H6N2O3.Li.H2O/c1-3-16-13-29(16,27(38)40-4-2)34-24(36)21-12-17(15-35(21)26(37)20-14-30-28(39)33-20)41-25-23(22-10-7-11-42-22)31-18-8-5-6-9-19(18)32-25;1-2-14-11-27(14,25(36)37)32-22(34)19-10-15(13-33(19)24(35)18-12-28-26(38)31-18)39-23-21(20-8-5-9-40-20)29-16-6-3-4-7-17(16)30-23;1-3-15-13-25(15,24(31)32-4-2)29-22(30)19-12-16(14-26-19)33-23-21(20-10-7-11-34-20)27-17-8-5-6-9-18(17)28-23;7-3(8)2-1-5-4(9)6-2;;/h3,5-11,16-17,20-21H,1,4,12-15H2,2H3,(H,34,36)(H2,30,33,39);2-9,14-15,18-19H,1,10-13H2,(H,32,34)(H,36,37)(H2,28,31,38);3,5-11,15-16,19,26H,1,4,12-14H2,2H3,(H,29,30);2H,1H2,(H,7,8)(H2,5,6,9);;1H2/q;;;;+1;/p-1/t16-,17-,20+,21+,29-;14-,15-,18+,19+,27-;15-,16-,19+,25-;2-;;/m1110../s1. The van der Waals surface area contributed by atoms with Gasteiger partial charge in [-0.1, -0.05) is 72.8 Å². The van der Waals surface area contributed by atoms with E-state index in [4.69, 9.17) is 58.7 Å². The number of fused-ring (bicyclic) bond motifs is 3. The molecule has 6 aliphatic heterocycles. The number of urea groups is 3. The fraction of sp³-hybridized carbons (Fsp3) is 0.365. The van der Waals surface area contributed by atoms with Crippen molar-refractivity contribution >= 4 is 139 Å². The Kier molecular flexibility index (Phi) is 28.3. The monoisotopic (exact) mass is 1780 g/mol. The molecule has 15 atom stereocenters. The zero-order valence-electron chi connectivity index (χ0n) is 68.9. The van der Waals surface area contributed by atoms with E-state index in [1.165, 1.54) is 38.5 Å². The van der Waals surface area contributed by atoms with Gasteiger partial charge in [0.05, 0.1) is 86.6 Å². The molecule has 3 aromatic carbocycles. The molecule has 13 N–H and O–H groups in total. The van der Waals surface area contributed by atoms with E-state index < -0.39 is 137 Å². The van der Waals surface area contributed by atoms with Gasteiger partial charge in [0.25, 0.3) is 0 Å². The largest absolute Gasteiger partial charge is 1.00 e. The van der Waals surface area contributed by atoms with E-state index in [2.05, 4.69) is 72.9 Å². The van der Waals surface area contributed by atoms with Crippen LogP contribution in [0.1, 0.15) is 52.4 Å². The number of hydrogen-bond donors (Lipinski definition) is 12. The van der Waals surface area contributed by atoms with E-state index in [1.54, 1.807) is 37.3 Å². The van der Waals surface area contributed by atoms with Crippen LogP contribution in [0.3, 0.4) is 0 Å².